The molecular formula is C17H22BrFN2O3. The molecule has 2 rings (SSSR count). The van der Waals surface area contributed by atoms with Gasteiger partial charge < -0.3 is 15.0 Å². The topological polar surface area (TPSA) is 58.6 Å². The van der Waals surface area contributed by atoms with Crippen molar-refractivity contribution in [3.05, 3.63) is 34.1 Å². The zero-order chi connectivity index (χ0) is 17.9. The summed E-state index contributed by atoms with van der Waals surface area (Å²) >= 11 is 3.23. The summed E-state index contributed by atoms with van der Waals surface area (Å²) in [6.45, 7) is 6.50. The lowest BCUT2D eigenvalue weighted by Crippen LogP contribution is -2.47. The van der Waals surface area contributed by atoms with Crippen LogP contribution in [0, 0.1) is 5.82 Å². The van der Waals surface area contributed by atoms with E-state index in [-0.39, 0.29) is 11.9 Å². The van der Waals surface area contributed by atoms with Crippen LogP contribution in [-0.4, -0.2) is 41.6 Å². The van der Waals surface area contributed by atoms with Crippen LogP contribution in [0.25, 0.3) is 0 Å². The summed E-state index contributed by atoms with van der Waals surface area (Å²) < 4.78 is 18.8. The van der Waals surface area contributed by atoms with Gasteiger partial charge in [-0.2, -0.15) is 0 Å². The summed E-state index contributed by atoms with van der Waals surface area (Å²) in [4.78, 5) is 26.0. The maximum absolute atomic E-state index is 13.1. The molecule has 132 valence electrons. The standard InChI is InChI=1S/C17H22BrFN2O3/c1-17(2,3)24-16(23)20-12-6-8-21(9-7-12)15(22)13-5-4-11(19)10-14(13)18/h4-5,10,12H,6-9H2,1-3H3,(H,20,23). The number of rotatable bonds is 2. The number of likely N-dealkylation sites (tertiary alicyclic amines) is 1. The molecule has 0 bridgehead atoms. The van der Waals surface area contributed by atoms with Crippen molar-refractivity contribution in [1.29, 1.82) is 0 Å². The van der Waals surface area contributed by atoms with Crippen LogP contribution >= 0.6 is 15.9 Å². The van der Waals surface area contributed by atoms with Gasteiger partial charge in [0.25, 0.3) is 5.91 Å². The van der Waals surface area contributed by atoms with Gasteiger partial charge in [-0.15, -0.1) is 0 Å². The van der Waals surface area contributed by atoms with Crippen LogP contribution in [-0.2, 0) is 4.74 Å². The molecule has 1 aliphatic rings. The quantitative estimate of drug-likeness (QED) is 0.822. The van der Waals surface area contributed by atoms with Crippen LogP contribution in [0.4, 0.5) is 9.18 Å². The minimum atomic E-state index is -0.532. The Labute approximate surface area is 149 Å². The van der Waals surface area contributed by atoms with Crippen LogP contribution in [0.5, 0.6) is 0 Å². The summed E-state index contributed by atoms with van der Waals surface area (Å²) in [7, 11) is 0. The SMILES string of the molecule is CC(C)(C)OC(=O)NC1CCN(C(=O)c2ccc(F)cc2Br)CC1. The zero-order valence-corrected chi connectivity index (χ0v) is 15.7. The Hall–Kier alpha value is -1.63. The van der Waals surface area contributed by atoms with E-state index in [1.54, 1.807) is 4.90 Å². The second-order valence-electron chi connectivity index (χ2n) is 6.84. The van der Waals surface area contributed by atoms with Gasteiger partial charge in [-0.1, -0.05) is 0 Å². The van der Waals surface area contributed by atoms with Crippen molar-refractivity contribution < 1.29 is 18.7 Å². The fourth-order valence-corrected chi connectivity index (χ4v) is 3.05. The van der Waals surface area contributed by atoms with E-state index in [2.05, 4.69) is 21.2 Å². The lowest BCUT2D eigenvalue weighted by molar-refractivity contribution is 0.0473. The Morgan fingerprint density at radius 1 is 1.29 bits per heavy atom. The number of benzene rings is 1. The number of ether oxygens (including phenoxy) is 1. The number of nitrogens with zero attached hydrogens (tertiary/aromatic N) is 1. The molecule has 1 aromatic carbocycles. The minimum absolute atomic E-state index is 0.0134. The highest BCUT2D eigenvalue weighted by Gasteiger charge is 2.27. The highest BCUT2D eigenvalue weighted by Crippen LogP contribution is 2.22. The van der Waals surface area contributed by atoms with E-state index < -0.39 is 17.5 Å². The number of carbonyl (C=O) groups is 2. The Morgan fingerprint density at radius 2 is 1.92 bits per heavy atom. The van der Waals surface area contributed by atoms with E-state index in [9.17, 15) is 14.0 Å². The molecule has 1 fully saturated rings. The van der Waals surface area contributed by atoms with Crippen LogP contribution in [0.3, 0.4) is 0 Å². The first kappa shape index (κ1) is 18.7. The lowest BCUT2D eigenvalue weighted by Gasteiger charge is -2.33. The summed E-state index contributed by atoms with van der Waals surface area (Å²) in [5.41, 5.74) is -0.0924. The van der Waals surface area contributed by atoms with E-state index >= 15 is 0 Å². The number of piperidine rings is 1. The third-order valence-corrected chi connectivity index (χ3v) is 4.32. The van der Waals surface area contributed by atoms with Crippen LogP contribution < -0.4 is 5.32 Å². The molecular weight excluding hydrogens is 379 g/mol. The third-order valence-electron chi connectivity index (χ3n) is 3.66. The van der Waals surface area contributed by atoms with Crippen molar-refractivity contribution in [2.75, 3.05) is 13.1 Å². The number of hydrogen-bond donors (Lipinski definition) is 1. The van der Waals surface area contributed by atoms with E-state index in [1.165, 1.54) is 18.2 Å². The summed E-state index contributed by atoms with van der Waals surface area (Å²) in [5.74, 6) is -0.531. The van der Waals surface area contributed by atoms with Gasteiger partial charge in [-0.25, -0.2) is 9.18 Å². The number of amides is 2. The number of hydrogen-bond acceptors (Lipinski definition) is 3. The molecule has 1 heterocycles. The first-order valence-electron chi connectivity index (χ1n) is 7.89. The highest BCUT2D eigenvalue weighted by atomic mass is 79.9. The van der Waals surface area contributed by atoms with Crippen molar-refractivity contribution in [3.63, 3.8) is 0 Å². The average Bonchev–Trinajstić information content (AvgIpc) is 2.45. The summed E-state index contributed by atoms with van der Waals surface area (Å²) in [5, 5.41) is 2.84. The molecule has 0 aromatic heterocycles. The minimum Gasteiger partial charge on any atom is -0.444 e. The summed E-state index contributed by atoms with van der Waals surface area (Å²) in [6, 6.07) is 4.02. The van der Waals surface area contributed by atoms with Crippen molar-refractivity contribution in [3.8, 4) is 0 Å². The molecule has 7 heteroatoms. The molecule has 0 radical (unpaired) electrons. The van der Waals surface area contributed by atoms with Gasteiger partial charge in [-0.3, -0.25) is 4.79 Å². The van der Waals surface area contributed by atoms with Crippen LogP contribution in [0.2, 0.25) is 0 Å². The zero-order valence-electron chi connectivity index (χ0n) is 14.1. The Bertz CT molecular complexity index is 623. The lowest BCUT2D eigenvalue weighted by atomic mass is 10.0. The van der Waals surface area contributed by atoms with Gasteiger partial charge >= 0.3 is 6.09 Å². The molecule has 0 atom stereocenters. The molecule has 0 unspecified atom stereocenters. The maximum Gasteiger partial charge on any atom is 0.407 e. The molecule has 1 aliphatic heterocycles. The van der Waals surface area contributed by atoms with Gasteiger partial charge in [0.1, 0.15) is 11.4 Å². The monoisotopic (exact) mass is 400 g/mol. The maximum atomic E-state index is 13.1. The first-order valence-corrected chi connectivity index (χ1v) is 8.69. The van der Waals surface area contributed by atoms with Crippen LogP contribution in [0.1, 0.15) is 44.0 Å². The van der Waals surface area contributed by atoms with Crippen molar-refractivity contribution in [1.82, 2.24) is 10.2 Å². The van der Waals surface area contributed by atoms with E-state index in [4.69, 9.17) is 4.74 Å². The second-order valence-corrected chi connectivity index (χ2v) is 7.69. The smallest absolute Gasteiger partial charge is 0.407 e. The number of halogens is 2. The fourth-order valence-electron chi connectivity index (χ4n) is 2.53. The second kappa shape index (κ2) is 7.51. The average molecular weight is 401 g/mol. The predicted octanol–water partition coefficient (Wildman–Crippen LogP) is 3.72. The largest absolute Gasteiger partial charge is 0.444 e. The molecule has 0 spiro atoms. The molecule has 1 N–H and O–H groups in total. The molecule has 0 saturated carbocycles. The Balaban J connectivity index is 1.88. The number of alkyl carbamates (subject to hydrolysis) is 1. The van der Waals surface area contributed by atoms with E-state index in [1.807, 2.05) is 20.8 Å². The first-order chi connectivity index (χ1) is 11.2. The van der Waals surface area contributed by atoms with Gasteiger partial charge in [0.15, 0.2) is 0 Å². The van der Waals surface area contributed by atoms with Crippen LogP contribution in [0.15, 0.2) is 22.7 Å². The van der Waals surface area contributed by atoms with E-state index in [0.29, 0.717) is 36.0 Å². The summed E-state index contributed by atoms with van der Waals surface area (Å²) in [6.07, 6.45) is 0.877. The molecule has 2 amide bonds. The van der Waals surface area contributed by atoms with Crippen molar-refractivity contribution in [2.24, 2.45) is 0 Å². The van der Waals surface area contributed by atoms with Gasteiger partial charge in [0.05, 0.1) is 5.56 Å². The predicted molar refractivity (Wildman–Crippen MR) is 92.4 cm³/mol. The molecule has 5 nitrogen and oxygen atoms in total. The van der Waals surface area contributed by atoms with E-state index in [0.717, 1.165) is 0 Å². The highest BCUT2D eigenvalue weighted by molar-refractivity contribution is 9.10. The molecule has 1 saturated heterocycles. The van der Waals surface area contributed by atoms with Crippen molar-refractivity contribution in [2.45, 2.75) is 45.3 Å². The molecule has 24 heavy (non-hydrogen) atoms. The molecule has 1 aromatic rings. The third kappa shape index (κ3) is 5.19. The van der Waals surface area contributed by atoms with Gasteiger partial charge in [0.2, 0.25) is 0 Å². The Kier molecular flexibility index (Phi) is 5.85. The van der Waals surface area contributed by atoms with Gasteiger partial charge in [0, 0.05) is 23.6 Å². The Morgan fingerprint density at radius 3 is 2.46 bits per heavy atom. The number of nitrogens with one attached hydrogen (secondary N) is 1. The van der Waals surface area contributed by atoms with Crippen molar-refractivity contribution >= 4 is 27.9 Å². The normalized spacial score (nSPS) is 16.0. The fraction of sp³-hybridized carbons (Fsp3) is 0.529. The molecule has 0 aliphatic carbocycles. The number of carbonyl (C=O) groups excluding carboxylic acids is 2. The van der Waals surface area contributed by atoms with Gasteiger partial charge in [-0.05, 0) is 67.7 Å².